The first kappa shape index (κ1) is 21.7. The molecule has 10 nitrogen and oxygen atoms in total. The zero-order valence-electron chi connectivity index (χ0n) is 18.5. The van der Waals surface area contributed by atoms with E-state index < -0.39 is 23.1 Å². The molecule has 176 valence electrons. The van der Waals surface area contributed by atoms with Crippen molar-refractivity contribution in [2.24, 2.45) is 0 Å². The molecule has 2 heterocycles. The molecule has 2 aromatic carbocycles. The van der Waals surface area contributed by atoms with Crippen molar-refractivity contribution in [3.63, 3.8) is 0 Å². The summed E-state index contributed by atoms with van der Waals surface area (Å²) >= 11 is 0. The van der Waals surface area contributed by atoms with E-state index in [9.17, 15) is 19.2 Å². The van der Waals surface area contributed by atoms with Crippen molar-refractivity contribution >= 4 is 35.3 Å². The number of fused-ring (bicyclic) bond motifs is 2. The molecule has 2 aliphatic heterocycles. The number of nitrogens with two attached hydrogens (primary N) is 2. The highest BCUT2D eigenvalue weighted by Crippen LogP contribution is 2.33. The maximum atomic E-state index is 11.8. The second-order valence-corrected chi connectivity index (χ2v) is 9.39. The van der Waals surface area contributed by atoms with Gasteiger partial charge in [-0.05, 0) is 72.2 Å². The predicted molar refractivity (Wildman–Crippen MR) is 125 cm³/mol. The summed E-state index contributed by atoms with van der Waals surface area (Å²) in [6.45, 7) is 0. The van der Waals surface area contributed by atoms with Crippen LogP contribution in [0.4, 0.5) is 21.0 Å². The normalized spacial score (nSPS) is 26.6. The van der Waals surface area contributed by atoms with Crippen LogP contribution in [0.3, 0.4) is 0 Å². The van der Waals surface area contributed by atoms with Crippen LogP contribution >= 0.6 is 0 Å². The first-order valence-electron chi connectivity index (χ1n) is 11.2. The Labute approximate surface area is 195 Å². The minimum atomic E-state index is -0.750. The number of amides is 6. The number of nitrogens with one attached hydrogen (secondary N) is 4. The van der Waals surface area contributed by atoms with Crippen molar-refractivity contribution in [3.05, 3.63) is 58.7 Å². The fourth-order valence-corrected chi connectivity index (χ4v) is 5.28. The third-order valence-electron chi connectivity index (χ3n) is 7.12. The molecule has 8 N–H and O–H groups in total. The number of benzene rings is 2. The third kappa shape index (κ3) is 3.70. The van der Waals surface area contributed by atoms with Crippen LogP contribution in [0, 0.1) is 0 Å². The van der Waals surface area contributed by atoms with E-state index in [0.29, 0.717) is 25.7 Å². The Balaban J connectivity index is 0.000000142. The molecule has 2 atom stereocenters. The van der Waals surface area contributed by atoms with Crippen molar-refractivity contribution < 1.29 is 19.2 Å². The monoisotopic (exact) mass is 462 g/mol. The number of hydrogen-bond donors (Lipinski definition) is 6. The van der Waals surface area contributed by atoms with Crippen molar-refractivity contribution in [3.8, 4) is 0 Å². The van der Waals surface area contributed by atoms with E-state index in [1.54, 1.807) is 0 Å². The average molecular weight is 463 g/mol. The van der Waals surface area contributed by atoms with Gasteiger partial charge in [0.15, 0.2) is 0 Å². The first-order chi connectivity index (χ1) is 16.2. The number of carbonyl (C=O) groups excluding carboxylic acids is 4. The van der Waals surface area contributed by atoms with Crippen LogP contribution in [0.25, 0.3) is 0 Å². The van der Waals surface area contributed by atoms with Crippen LogP contribution in [-0.4, -0.2) is 35.0 Å². The molecule has 2 saturated heterocycles. The molecule has 2 spiro atoms. The van der Waals surface area contributed by atoms with Crippen LogP contribution in [0.15, 0.2) is 36.4 Å². The van der Waals surface area contributed by atoms with Gasteiger partial charge < -0.3 is 22.1 Å². The lowest BCUT2D eigenvalue weighted by Gasteiger charge is -2.31. The van der Waals surface area contributed by atoms with Gasteiger partial charge in [0.05, 0.1) is 0 Å². The zero-order valence-corrected chi connectivity index (χ0v) is 18.5. The van der Waals surface area contributed by atoms with Gasteiger partial charge in [-0.2, -0.15) is 0 Å². The van der Waals surface area contributed by atoms with Gasteiger partial charge >= 0.3 is 12.1 Å². The molecule has 2 aromatic rings. The van der Waals surface area contributed by atoms with Crippen LogP contribution in [-0.2, 0) is 35.3 Å². The Hall–Kier alpha value is -4.08. The number of aryl methyl sites for hydroxylation is 2. The maximum Gasteiger partial charge on any atom is 0.322 e. The fourth-order valence-electron chi connectivity index (χ4n) is 5.28. The van der Waals surface area contributed by atoms with Crippen molar-refractivity contribution in [1.82, 2.24) is 21.3 Å². The number of urea groups is 2. The van der Waals surface area contributed by atoms with Gasteiger partial charge in [0.25, 0.3) is 11.8 Å². The number of anilines is 2. The van der Waals surface area contributed by atoms with Crippen LogP contribution in [0.5, 0.6) is 0 Å². The minimum absolute atomic E-state index is 0.218. The summed E-state index contributed by atoms with van der Waals surface area (Å²) in [6.07, 6.45) is 3.85. The lowest BCUT2D eigenvalue weighted by molar-refractivity contribution is -0.125. The highest BCUT2D eigenvalue weighted by molar-refractivity contribution is 6.08. The molecule has 6 rings (SSSR count). The number of carbonyl (C=O) groups is 4. The second-order valence-electron chi connectivity index (χ2n) is 9.39. The molecule has 34 heavy (non-hydrogen) atoms. The molecule has 4 aliphatic rings. The van der Waals surface area contributed by atoms with Gasteiger partial charge in [-0.3, -0.25) is 20.2 Å². The maximum absolute atomic E-state index is 11.8. The Kier molecular flexibility index (Phi) is 4.96. The number of hydrogen-bond acceptors (Lipinski definition) is 6. The SMILES string of the molecule is Nc1ccc2c(c1)CCC1(C2)NC(=O)NC1=O.Nc1ccc2c(c1)CCC1(C2)NC(=O)NC1=O. The van der Waals surface area contributed by atoms with E-state index in [1.165, 1.54) is 11.1 Å². The van der Waals surface area contributed by atoms with E-state index in [-0.39, 0.29) is 11.8 Å². The zero-order chi connectivity index (χ0) is 24.1. The van der Waals surface area contributed by atoms with Crippen LogP contribution < -0.4 is 32.7 Å². The van der Waals surface area contributed by atoms with Crippen molar-refractivity contribution in [1.29, 1.82) is 0 Å². The van der Waals surface area contributed by atoms with Crippen LogP contribution in [0.1, 0.15) is 35.1 Å². The molecule has 10 heteroatoms. The lowest BCUT2D eigenvalue weighted by Crippen LogP contribution is -2.51. The Morgan fingerprint density at radius 2 is 1.03 bits per heavy atom. The molecule has 2 unspecified atom stereocenters. The highest BCUT2D eigenvalue weighted by atomic mass is 16.2. The van der Waals surface area contributed by atoms with Gasteiger partial charge in [0, 0.05) is 24.2 Å². The average Bonchev–Trinajstić information content (AvgIpc) is 3.22. The van der Waals surface area contributed by atoms with Crippen molar-refractivity contribution in [2.75, 3.05) is 11.5 Å². The Morgan fingerprint density at radius 3 is 1.38 bits per heavy atom. The molecule has 0 radical (unpaired) electrons. The Morgan fingerprint density at radius 1 is 0.618 bits per heavy atom. The number of nitrogen functional groups attached to an aromatic ring is 2. The highest BCUT2D eigenvalue weighted by Gasteiger charge is 2.48. The largest absolute Gasteiger partial charge is 0.399 e. The van der Waals surface area contributed by atoms with E-state index >= 15 is 0 Å². The third-order valence-corrected chi connectivity index (χ3v) is 7.12. The van der Waals surface area contributed by atoms with E-state index in [2.05, 4.69) is 21.3 Å². The summed E-state index contributed by atoms with van der Waals surface area (Å²) in [4.78, 5) is 46.1. The van der Waals surface area contributed by atoms with Gasteiger partial charge in [0.2, 0.25) is 0 Å². The topological polar surface area (TPSA) is 168 Å². The molecule has 0 aromatic heterocycles. The van der Waals surface area contributed by atoms with E-state index in [4.69, 9.17) is 11.5 Å². The summed E-state index contributed by atoms with van der Waals surface area (Å²) in [5.74, 6) is -0.435. The van der Waals surface area contributed by atoms with E-state index in [0.717, 1.165) is 35.3 Å². The second kappa shape index (κ2) is 7.75. The summed E-state index contributed by atoms with van der Waals surface area (Å²) in [7, 11) is 0. The first-order valence-corrected chi connectivity index (χ1v) is 11.2. The van der Waals surface area contributed by atoms with Gasteiger partial charge in [-0.25, -0.2) is 9.59 Å². The fraction of sp³-hybridized carbons (Fsp3) is 0.333. The number of rotatable bonds is 0. The Bertz CT molecular complexity index is 1150. The van der Waals surface area contributed by atoms with Gasteiger partial charge in [-0.1, -0.05) is 12.1 Å². The quantitative estimate of drug-likeness (QED) is 0.248. The molecular formula is C24H26N6O4. The van der Waals surface area contributed by atoms with Gasteiger partial charge in [-0.15, -0.1) is 0 Å². The molecule has 6 amide bonds. The van der Waals surface area contributed by atoms with E-state index in [1.807, 2.05) is 36.4 Å². The lowest BCUT2D eigenvalue weighted by atomic mass is 9.78. The van der Waals surface area contributed by atoms with Crippen molar-refractivity contribution in [2.45, 2.75) is 49.6 Å². The van der Waals surface area contributed by atoms with Crippen LogP contribution in [0.2, 0.25) is 0 Å². The summed E-state index contributed by atoms with van der Waals surface area (Å²) < 4.78 is 0. The smallest absolute Gasteiger partial charge is 0.322 e. The van der Waals surface area contributed by atoms with Gasteiger partial charge in [0.1, 0.15) is 11.1 Å². The summed E-state index contributed by atoms with van der Waals surface area (Å²) in [5, 5.41) is 10.1. The summed E-state index contributed by atoms with van der Waals surface area (Å²) in [5.41, 5.74) is 15.9. The summed E-state index contributed by atoms with van der Waals surface area (Å²) in [6, 6.07) is 10.6. The number of imide groups is 2. The molecule has 0 saturated carbocycles. The molecular weight excluding hydrogens is 436 g/mol. The molecule has 2 fully saturated rings. The minimum Gasteiger partial charge on any atom is -0.399 e. The molecule has 2 aliphatic carbocycles. The molecule has 0 bridgehead atoms. The standard InChI is InChI=1S/2C12H13N3O2/c2*13-9-2-1-8-6-12(4-3-7(8)5-9)10(16)14-11(17)15-12/h2*1-2,5H,3-4,6,13H2,(H2,14,15,16,17). The predicted octanol–water partition coefficient (Wildman–Crippen LogP) is 0.671.